The Kier molecular flexibility index (Phi) is 5.33. The van der Waals surface area contributed by atoms with Gasteiger partial charge in [-0.15, -0.1) is 11.3 Å². The molecule has 0 saturated carbocycles. The molecule has 3 heterocycles. The average Bonchev–Trinajstić information content (AvgIpc) is 3.18. The van der Waals surface area contributed by atoms with Crippen LogP contribution in [0.25, 0.3) is 21.5 Å². The number of para-hydroxylation sites is 1. The van der Waals surface area contributed by atoms with Crippen LogP contribution < -0.4 is 5.32 Å². The van der Waals surface area contributed by atoms with Gasteiger partial charge in [0.1, 0.15) is 0 Å². The van der Waals surface area contributed by atoms with Crippen LogP contribution in [0.1, 0.15) is 23.2 Å². The third-order valence-electron chi connectivity index (χ3n) is 5.17. The van der Waals surface area contributed by atoms with E-state index < -0.39 is 0 Å². The predicted molar refractivity (Wildman–Crippen MR) is 113 cm³/mol. The highest BCUT2D eigenvalue weighted by Crippen LogP contribution is 2.33. The van der Waals surface area contributed by atoms with Crippen LogP contribution in [0.3, 0.4) is 0 Å². The zero-order valence-corrected chi connectivity index (χ0v) is 17.0. The maximum Gasteiger partial charge on any atom is 0.254 e. The fraction of sp³-hybridized carbons (Fsp3) is 0.286. The number of amides is 2. The molecule has 1 saturated heterocycles. The Morgan fingerprint density at radius 3 is 2.61 bits per heavy atom. The first-order valence-corrected chi connectivity index (χ1v) is 10.4. The number of hydrogen-bond donors (Lipinski definition) is 1. The van der Waals surface area contributed by atoms with Gasteiger partial charge in [-0.3, -0.25) is 9.59 Å². The summed E-state index contributed by atoms with van der Waals surface area (Å²) in [4.78, 5) is 32.7. The summed E-state index contributed by atoms with van der Waals surface area (Å²) in [6.45, 7) is 1.15. The minimum Gasteiger partial charge on any atom is -0.359 e. The lowest BCUT2D eigenvalue weighted by Gasteiger charge is -2.31. The molecule has 0 unspecified atom stereocenters. The van der Waals surface area contributed by atoms with E-state index in [-0.39, 0.29) is 17.7 Å². The van der Waals surface area contributed by atoms with E-state index in [9.17, 15) is 9.59 Å². The van der Waals surface area contributed by atoms with Crippen molar-refractivity contribution < 1.29 is 9.59 Å². The topological polar surface area (TPSA) is 62.3 Å². The van der Waals surface area contributed by atoms with E-state index in [2.05, 4.69) is 5.32 Å². The van der Waals surface area contributed by atoms with Crippen molar-refractivity contribution in [1.29, 1.82) is 0 Å². The zero-order valence-electron chi connectivity index (χ0n) is 15.4. The number of halogens is 1. The number of hydrogen-bond acceptors (Lipinski definition) is 4. The second-order valence-electron chi connectivity index (χ2n) is 6.86. The minimum atomic E-state index is -0.0212. The molecule has 0 radical (unpaired) electrons. The molecule has 144 valence electrons. The lowest BCUT2D eigenvalue weighted by molar-refractivity contribution is -0.125. The van der Waals surface area contributed by atoms with E-state index >= 15 is 0 Å². The summed E-state index contributed by atoms with van der Waals surface area (Å²) in [5.74, 6) is 0.0169. The van der Waals surface area contributed by atoms with E-state index in [1.165, 1.54) is 11.3 Å². The van der Waals surface area contributed by atoms with Crippen LogP contribution in [-0.4, -0.2) is 41.8 Å². The number of rotatable bonds is 3. The van der Waals surface area contributed by atoms with Crippen LogP contribution in [0.5, 0.6) is 0 Å². The highest BCUT2D eigenvalue weighted by atomic mass is 35.5. The van der Waals surface area contributed by atoms with Gasteiger partial charge in [-0.05, 0) is 37.1 Å². The Hall–Kier alpha value is -2.44. The van der Waals surface area contributed by atoms with Crippen LogP contribution in [0.2, 0.25) is 4.34 Å². The molecule has 0 atom stereocenters. The zero-order chi connectivity index (χ0) is 19.7. The summed E-state index contributed by atoms with van der Waals surface area (Å²) in [5, 5.41) is 3.54. The largest absolute Gasteiger partial charge is 0.359 e. The van der Waals surface area contributed by atoms with Crippen LogP contribution in [0.4, 0.5) is 0 Å². The molecule has 2 aromatic heterocycles. The van der Waals surface area contributed by atoms with Crippen LogP contribution >= 0.6 is 22.9 Å². The number of thiophene rings is 1. The molecule has 1 aromatic carbocycles. The number of nitrogens with one attached hydrogen (secondary N) is 1. The van der Waals surface area contributed by atoms with Crippen LogP contribution in [0.15, 0.2) is 42.5 Å². The monoisotopic (exact) mass is 413 g/mol. The number of carbonyl (C=O) groups is 2. The van der Waals surface area contributed by atoms with Gasteiger partial charge in [-0.25, -0.2) is 4.98 Å². The third-order valence-corrected chi connectivity index (χ3v) is 6.43. The summed E-state index contributed by atoms with van der Waals surface area (Å²) in [5.41, 5.74) is 2.18. The first-order chi connectivity index (χ1) is 13.6. The molecule has 1 aliphatic rings. The molecule has 1 aliphatic heterocycles. The first-order valence-electron chi connectivity index (χ1n) is 9.23. The second-order valence-corrected chi connectivity index (χ2v) is 8.57. The molecule has 4 rings (SSSR count). The van der Waals surface area contributed by atoms with Crippen molar-refractivity contribution in [3.05, 3.63) is 52.4 Å². The van der Waals surface area contributed by atoms with Gasteiger partial charge in [0.15, 0.2) is 0 Å². The molecule has 0 spiro atoms. The minimum absolute atomic E-state index is 0.0159. The molecule has 0 bridgehead atoms. The number of pyridine rings is 1. The van der Waals surface area contributed by atoms with Crippen molar-refractivity contribution in [1.82, 2.24) is 15.2 Å². The van der Waals surface area contributed by atoms with Crippen LogP contribution in [-0.2, 0) is 4.79 Å². The standard InChI is InChI=1S/C21H20ClN3O2S/c1-23-20(26)13-8-10-25(11-9-13)21(27)15-12-17(18-6-7-19(22)28-18)24-16-5-3-2-4-14(15)16/h2-7,12-13H,8-11H2,1H3,(H,23,26). The number of carbonyl (C=O) groups excluding carboxylic acids is 2. The van der Waals surface area contributed by atoms with Crippen molar-refractivity contribution in [3.63, 3.8) is 0 Å². The third kappa shape index (κ3) is 3.62. The van der Waals surface area contributed by atoms with Crippen molar-refractivity contribution >= 4 is 45.7 Å². The molecule has 1 N–H and O–H groups in total. The summed E-state index contributed by atoms with van der Waals surface area (Å²) in [7, 11) is 1.65. The lowest BCUT2D eigenvalue weighted by Crippen LogP contribution is -2.42. The maximum absolute atomic E-state index is 13.3. The molecule has 7 heteroatoms. The summed E-state index contributed by atoms with van der Waals surface area (Å²) in [6, 6.07) is 13.3. The van der Waals surface area contributed by atoms with Gasteiger partial charge >= 0.3 is 0 Å². The number of aromatic nitrogens is 1. The SMILES string of the molecule is CNC(=O)C1CCN(C(=O)c2cc(-c3ccc(Cl)s3)nc3ccccc23)CC1. The van der Waals surface area contributed by atoms with Gasteiger partial charge in [-0.1, -0.05) is 29.8 Å². The number of benzene rings is 1. The van der Waals surface area contributed by atoms with Crippen molar-refractivity contribution in [2.75, 3.05) is 20.1 Å². The summed E-state index contributed by atoms with van der Waals surface area (Å²) >= 11 is 7.53. The quantitative estimate of drug-likeness (QED) is 0.699. The van der Waals surface area contributed by atoms with Gasteiger partial charge < -0.3 is 10.2 Å². The molecule has 5 nitrogen and oxygen atoms in total. The lowest BCUT2D eigenvalue weighted by atomic mass is 9.95. The van der Waals surface area contributed by atoms with Gasteiger partial charge in [0.25, 0.3) is 5.91 Å². The Morgan fingerprint density at radius 2 is 1.93 bits per heavy atom. The van der Waals surface area contributed by atoms with E-state index in [1.54, 1.807) is 7.05 Å². The molecule has 1 fully saturated rings. The van der Waals surface area contributed by atoms with Crippen molar-refractivity contribution in [2.45, 2.75) is 12.8 Å². The number of fused-ring (bicyclic) bond motifs is 1. The van der Waals surface area contributed by atoms with Gasteiger partial charge in [0.2, 0.25) is 5.91 Å². The number of likely N-dealkylation sites (tertiary alicyclic amines) is 1. The molecule has 2 amide bonds. The van der Waals surface area contributed by atoms with Gasteiger partial charge in [0.05, 0.1) is 26.0 Å². The second kappa shape index (κ2) is 7.89. The van der Waals surface area contributed by atoms with Crippen molar-refractivity contribution in [3.8, 4) is 10.6 Å². The molecule has 28 heavy (non-hydrogen) atoms. The smallest absolute Gasteiger partial charge is 0.254 e. The number of piperidine rings is 1. The van der Waals surface area contributed by atoms with E-state index in [4.69, 9.17) is 16.6 Å². The summed E-state index contributed by atoms with van der Waals surface area (Å²) < 4.78 is 0.689. The Morgan fingerprint density at radius 1 is 1.18 bits per heavy atom. The Balaban J connectivity index is 1.67. The molecule has 0 aliphatic carbocycles. The average molecular weight is 414 g/mol. The fourth-order valence-corrected chi connectivity index (χ4v) is 4.65. The van der Waals surface area contributed by atoms with Crippen molar-refractivity contribution in [2.24, 2.45) is 5.92 Å². The Labute approximate surface area is 172 Å². The Bertz CT molecular complexity index is 1040. The molecular formula is C21H20ClN3O2S. The fourth-order valence-electron chi connectivity index (χ4n) is 3.65. The predicted octanol–water partition coefficient (Wildman–Crippen LogP) is 4.21. The van der Waals surface area contributed by atoms with E-state index in [1.807, 2.05) is 47.4 Å². The highest BCUT2D eigenvalue weighted by Gasteiger charge is 2.28. The molecule has 3 aromatic rings. The van der Waals surface area contributed by atoms with E-state index in [0.717, 1.165) is 21.5 Å². The normalized spacial score (nSPS) is 15.0. The molecular weight excluding hydrogens is 394 g/mol. The van der Waals surface area contributed by atoms with Gasteiger partial charge in [-0.2, -0.15) is 0 Å². The van der Waals surface area contributed by atoms with E-state index in [0.29, 0.717) is 35.8 Å². The maximum atomic E-state index is 13.3. The van der Waals surface area contributed by atoms with Crippen LogP contribution in [0, 0.1) is 5.92 Å². The highest BCUT2D eigenvalue weighted by molar-refractivity contribution is 7.19. The number of nitrogens with zero attached hydrogens (tertiary/aromatic N) is 2. The summed E-state index contributed by atoms with van der Waals surface area (Å²) in [6.07, 6.45) is 1.36. The van der Waals surface area contributed by atoms with Gasteiger partial charge in [0, 0.05) is 31.4 Å². The first kappa shape index (κ1) is 18.9.